The molecule has 1 aliphatic heterocycles. The van der Waals surface area contributed by atoms with Gasteiger partial charge in [0.15, 0.2) is 0 Å². The molecule has 2 N–H and O–H groups in total. The third-order valence-corrected chi connectivity index (χ3v) is 2.43. The number of carbonyl (C=O) groups excluding carboxylic acids is 1. The van der Waals surface area contributed by atoms with Gasteiger partial charge in [0.05, 0.1) is 12.3 Å². The van der Waals surface area contributed by atoms with E-state index in [9.17, 15) is 9.90 Å². The summed E-state index contributed by atoms with van der Waals surface area (Å²) in [5.41, 5.74) is 0. The predicted octanol–water partition coefficient (Wildman–Crippen LogP) is -2.58. The van der Waals surface area contributed by atoms with Crippen molar-refractivity contribution < 1.29 is 15.2 Å². The molecule has 3 nitrogen and oxygen atoms in total. The highest BCUT2D eigenvalue weighted by atomic mass is 32.2. The number of hydrogen-bond acceptors (Lipinski definition) is 3. The maximum atomic E-state index is 10.2. The standard InChI is InChI=1S/C5H9NO2S/c7-5(8)4-3-9-2-1-6-4/h4,6H,1-3H2,(H,7,8)/t4-/m1/s1. The quantitative estimate of drug-likeness (QED) is 0.443. The molecule has 52 valence electrons. The maximum Gasteiger partial charge on any atom is 0.135 e. The molecule has 4 heteroatoms. The molecule has 1 atom stereocenters. The van der Waals surface area contributed by atoms with E-state index >= 15 is 0 Å². The first-order valence-corrected chi connectivity index (χ1v) is 4.08. The van der Waals surface area contributed by atoms with Gasteiger partial charge in [0.1, 0.15) is 12.0 Å². The third-order valence-electron chi connectivity index (χ3n) is 1.31. The molecule has 0 radical (unpaired) electrons. The van der Waals surface area contributed by atoms with Crippen molar-refractivity contribution in [2.75, 3.05) is 18.1 Å². The van der Waals surface area contributed by atoms with Crippen molar-refractivity contribution in [3.05, 3.63) is 0 Å². The Morgan fingerprint density at radius 2 is 2.56 bits per heavy atom. The highest BCUT2D eigenvalue weighted by Crippen LogP contribution is 2.01. The largest absolute Gasteiger partial charge is 0.544 e. The molecule has 1 fully saturated rings. The Morgan fingerprint density at radius 3 is 2.89 bits per heavy atom. The van der Waals surface area contributed by atoms with E-state index < -0.39 is 5.97 Å². The zero-order valence-electron chi connectivity index (χ0n) is 5.00. The smallest absolute Gasteiger partial charge is 0.135 e. The second-order valence-corrected chi connectivity index (χ2v) is 3.17. The van der Waals surface area contributed by atoms with Crippen LogP contribution in [0.1, 0.15) is 0 Å². The molecule has 1 heterocycles. The van der Waals surface area contributed by atoms with Crippen LogP contribution in [0, 0.1) is 0 Å². The van der Waals surface area contributed by atoms with Crippen LogP contribution in [0.5, 0.6) is 0 Å². The number of thioether (sulfide) groups is 1. The maximum absolute atomic E-state index is 10.2. The molecule has 0 aliphatic carbocycles. The summed E-state index contributed by atoms with van der Waals surface area (Å²) in [6.45, 7) is 0.906. The van der Waals surface area contributed by atoms with Gasteiger partial charge < -0.3 is 15.2 Å². The fraction of sp³-hybridized carbons (Fsp3) is 0.800. The van der Waals surface area contributed by atoms with Gasteiger partial charge in [-0.05, 0) is 0 Å². The van der Waals surface area contributed by atoms with Crippen LogP contribution >= 0.6 is 11.8 Å². The molecule has 0 aromatic heterocycles. The number of aliphatic carboxylic acids is 1. The second-order valence-electron chi connectivity index (χ2n) is 2.02. The number of carboxylic acids is 1. The monoisotopic (exact) mass is 147 g/mol. The summed E-state index contributed by atoms with van der Waals surface area (Å²) in [4.78, 5) is 10.2. The number of carboxylic acid groups (broad SMARTS) is 1. The van der Waals surface area contributed by atoms with Gasteiger partial charge in [-0.25, -0.2) is 0 Å². The summed E-state index contributed by atoms with van der Waals surface area (Å²) < 4.78 is 0. The van der Waals surface area contributed by atoms with Crippen molar-refractivity contribution in [2.24, 2.45) is 0 Å². The van der Waals surface area contributed by atoms with Crippen molar-refractivity contribution in [2.45, 2.75) is 6.04 Å². The molecule has 0 bridgehead atoms. The van der Waals surface area contributed by atoms with Crippen LogP contribution in [0.2, 0.25) is 0 Å². The molecule has 1 aliphatic rings. The lowest BCUT2D eigenvalue weighted by Crippen LogP contribution is -2.95. The lowest BCUT2D eigenvalue weighted by molar-refractivity contribution is -0.677. The molecule has 1 rings (SSSR count). The lowest BCUT2D eigenvalue weighted by Gasteiger charge is -2.19. The Hall–Kier alpha value is -0.220. The van der Waals surface area contributed by atoms with Gasteiger partial charge in [0, 0.05) is 5.75 Å². The van der Waals surface area contributed by atoms with Crippen LogP contribution in [0.25, 0.3) is 0 Å². The molecule has 0 saturated carbocycles. The van der Waals surface area contributed by atoms with E-state index in [1.54, 1.807) is 11.8 Å². The minimum atomic E-state index is -0.929. The highest BCUT2D eigenvalue weighted by Gasteiger charge is 2.16. The van der Waals surface area contributed by atoms with Gasteiger partial charge in [0.25, 0.3) is 0 Å². The number of rotatable bonds is 1. The zero-order chi connectivity index (χ0) is 6.69. The zero-order valence-corrected chi connectivity index (χ0v) is 5.82. The van der Waals surface area contributed by atoms with Gasteiger partial charge in [0.2, 0.25) is 0 Å². The Balaban J connectivity index is 2.31. The molecular formula is C5H9NO2S. The van der Waals surface area contributed by atoms with E-state index in [2.05, 4.69) is 0 Å². The van der Waals surface area contributed by atoms with E-state index in [1.807, 2.05) is 5.32 Å². The Kier molecular flexibility index (Phi) is 2.36. The van der Waals surface area contributed by atoms with Gasteiger partial charge in [-0.1, -0.05) is 0 Å². The molecule has 0 amide bonds. The van der Waals surface area contributed by atoms with Crippen LogP contribution in [0.3, 0.4) is 0 Å². The van der Waals surface area contributed by atoms with E-state index in [0.717, 1.165) is 12.3 Å². The normalized spacial score (nSPS) is 27.8. The highest BCUT2D eigenvalue weighted by molar-refractivity contribution is 7.99. The van der Waals surface area contributed by atoms with Crippen LogP contribution in [-0.2, 0) is 4.79 Å². The van der Waals surface area contributed by atoms with E-state index in [1.165, 1.54) is 0 Å². The average Bonchev–Trinajstić information content (AvgIpc) is 1.90. The third kappa shape index (κ3) is 1.87. The summed E-state index contributed by atoms with van der Waals surface area (Å²) in [5, 5.41) is 12.0. The molecule has 1 saturated heterocycles. The first kappa shape index (κ1) is 6.89. The summed E-state index contributed by atoms with van der Waals surface area (Å²) in [6.07, 6.45) is 0. The van der Waals surface area contributed by atoms with Crippen molar-refractivity contribution in [3.63, 3.8) is 0 Å². The molecule has 9 heavy (non-hydrogen) atoms. The molecule has 0 unspecified atom stereocenters. The molecule has 0 aromatic carbocycles. The van der Waals surface area contributed by atoms with Crippen molar-refractivity contribution in [1.82, 2.24) is 0 Å². The van der Waals surface area contributed by atoms with Crippen molar-refractivity contribution in [3.8, 4) is 0 Å². The number of hydrogen-bond donors (Lipinski definition) is 1. The lowest BCUT2D eigenvalue weighted by atomic mass is 10.3. The minimum absolute atomic E-state index is 0.302. The average molecular weight is 147 g/mol. The van der Waals surface area contributed by atoms with Crippen molar-refractivity contribution >= 4 is 17.7 Å². The van der Waals surface area contributed by atoms with Crippen LogP contribution in [0.15, 0.2) is 0 Å². The topological polar surface area (TPSA) is 56.7 Å². The first-order valence-electron chi connectivity index (χ1n) is 2.92. The Morgan fingerprint density at radius 1 is 1.78 bits per heavy atom. The molecule has 0 spiro atoms. The number of carbonyl (C=O) groups is 1. The van der Waals surface area contributed by atoms with Crippen molar-refractivity contribution in [1.29, 1.82) is 0 Å². The predicted molar refractivity (Wildman–Crippen MR) is 32.9 cm³/mol. The first-order chi connectivity index (χ1) is 4.30. The molecule has 0 aromatic rings. The summed E-state index contributed by atoms with van der Waals surface area (Å²) >= 11 is 1.68. The fourth-order valence-electron chi connectivity index (χ4n) is 0.795. The SMILES string of the molecule is O=C([O-])[C@H]1CSCC[NH2+]1. The Bertz CT molecular complexity index is 112. The summed E-state index contributed by atoms with van der Waals surface area (Å²) in [5.74, 6) is 0.828. The molecular weight excluding hydrogens is 138 g/mol. The van der Waals surface area contributed by atoms with E-state index in [4.69, 9.17) is 0 Å². The van der Waals surface area contributed by atoms with Crippen LogP contribution in [-0.4, -0.2) is 30.1 Å². The Labute approximate surface area is 57.8 Å². The summed E-state index contributed by atoms with van der Waals surface area (Å²) in [7, 11) is 0. The van der Waals surface area contributed by atoms with Crippen LogP contribution in [0.4, 0.5) is 0 Å². The second kappa shape index (κ2) is 3.08. The van der Waals surface area contributed by atoms with Gasteiger partial charge in [-0.15, -0.1) is 11.8 Å². The number of quaternary nitrogens is 1. The number of nitrogens with two attached hydrogens (primary N) is 1. The van der Waals surface area contributed by atoms with E-state index in [0.29, 0.717) is 5.75 Å². The van der Waals surface area contributed by atoms with Gasteiger partial charge in [-0.2, -0.15) is 0 Å². The summed E-state index contributed by atoms with van der Waals surface area (Å²) in [6, 6.07) is -0.302. The van der Waals surface area contributed by atoms with E-state index in [-0.39, 0.29) is 6.04 Å². The van der Waals surface area contributed by atoms with Gasteiger partial charge in [-0.3, -0.25) is 0 Å². The minimum Gasteiger partial charge on any atom is -0.544 e. The van der Waals surface area contributed by atoms with Crippen LogP contribution < -0.4 is 10.4 Å². The van der Waals surface area contributed by atoms with Gasteiger partial charge >= 0.3 is 0 Å². The fourth-order valence-corrected chi connectivity index (χ4v) is 1.79.